The fourth-order valence-electron chi connectivity index (χ4n) is 7.13. The van der Waals surface area contributed by atoms with Gasteiger partial charge in [0.25, 0.3) is 0 Å². The lowest BCUT2D eigenvalue weighted by Gasteiger charge is -2.40. The zero-order valence-electron chi connectivity index (χ0n) is 46.6. The van der Waals surface area contributed by atoms with Crippen molar-refractivity contribution >= 4 is 38.5 Å². The van der Waals surface area contributed by atoms with Crippen molar-refractivity contribution in [2.75, 3.05) is 32.6 Å². The van der Waals surface area contributed by atoms with E-state index in [9.17, 15) is 35.7 Å². The summed E-state index contributed by atoms with van der Waals surface area (Å²) >= 11 is 0. The third-order valence-corrected chi connectivity index (χ3v) is 29.6. The van der Waals surface area contributed by atoms with Crippen molar-refractivity contribution in [3.05, 3.63) is 60.3 Å². The molecule has 0 amide bonds. The van der Waals surface area contributed by atoms with Crippen LogP contribution in [0.3, 0.4) is 0 Å². The minimum absolute atomic E-state index is 0.0150. The first-order valence-electron chi connectivity index (χ1n) is 25.3. The highest BCUT2D eigenvalue weighted by Gasteiger charge is 2.44. The van der Waals surface area contributed by atoms with Gasteiger partial charge in [0.1, 0.15) is 18.4 Å². The highest BCUT2D eigenvalue weighted by Crippen LogP contribution is 2.50. The van der Waals surface area contributed by atoms with Gasteiger partial charge in [-0.1, -0.05) is 129 Å². The second-order valence-corrected chi connectivity index (χ2v) is 40.7. The first-order chi connectivity index (χ1) is 32.5. The monoisotopic (exact) mass is 1100 g/mol. The smallest absolute Gasteiger partial charge is 0.412 e. The largest absolute Gasteiger partial charge is 0.458 e. The van der Waals surface area contributed by atoms with Crippen LogP contribution in [0.25, 0.3) is 0 Å². The van der Waals surface area contributed by atoms with Gasteiger partial charge in [-0.3, -0.25) is 18.4 Å². The molecule has 0 aliphatic carbocycles. The van der Waals surface area contributed by atoms with E-state index in [1.165, 1.54) is 0 Å². The van der Waals surface area contributed by atoms with Crippen LogP contribution in [-0.4, -0.2) is 112 Å². The molecule has 7 atom stereocenters. The van der Waals surface area contributed by atoms with Crippen LogP contribution in [0.5, 0.6) is 0 Å². The standard InChI is InChI=1S/C52H91F6O10PSi3/c1-38-27-29-61-42(32-38)25-26-46(68-72(17,18)50(10,11)12)45(66-47(59)35-69(60,62-36-51(53,54)55)63-37-52(56,57)58)24-20-23-44(67-71(15,16)49(7,8)9)34-40(3)31-39(2)33-43-22-19-21-41(65-43)28-30-64-70(13,14)48(4,5)6/h19-21,23,25-27,39,41-46H,3,22,24,28-37H2,1-2,4-18H3/b23-20+,26-25+/t39-,41-,42+,43-,44?,45-,46?/m0/s1. The molecule has 2 rings (SSSR count). The summed E-state index contributed by atoms with van der Waals surface area (Å²) in [7, 11) is -12.4. The average molecular weight is 1110 g/mol. The Hall–Kier alpha value is -1.65. The average Bonchev–Trinajstić information content (AvgIpc) is 3.18. The number of rotatable bonds is 27. The number of hydrogen-bond donors (Lipinski definition) is 0. The zero-order chi connectivity index (χ0) is 55.4. The van der Waals surface area contributed by atoms with Crippen LogP contribution >= 0.6 is 7.60 Å². The fraction of sp³-hybridized carbons (Fsp3) is 0.788. The molecule has 0 N–H and O–H groups in total. The van der Waals surface area contributed by atoms with Crippen LogP contribution in [0, 0.1) is 5.92 Å². The predicted octanol–water partition coefficient (Wildman–Crippen LogP) is 15.8. The van der Waals surface area contributed by atoms with E-state index in [1.54, 1.807) is 18.2 Å². The maximum atomic E-state index is 13.8. The van der Waals surface area contributed by atoms with E-state index in [1.807, 2.05) is 52.9 Å². The molecule has 0 saturated carbocycles. The van der Waals surface area contributed by atoms with Crippen molar-refractivity contribution in [3.63, 3.8) is 0 Å². The van der Waals surface area contributed by atoms with Gasteiger partial charge < -0.3 is 27.5 Å². The van der Waals surface area contributed by atoms with Gasteiger partial charge in [-0.25, -0.2) is 0 Å². The van der Waals surface area contributed by atoms with Crippen molar-refractivity contribution in [2.45, 2.75) is 224 Å². The van der Waals surface area contributed by atoms with E-state index in [2.05, 4.69) is 102 Å². The Bertz CT molecular complexity index is 1870. The number of carbonyl (C=O) groups excluding carboxylic acids is 1. The molecule has 72 heavy (non-hydrogen) atoms. The number of ether oxygens (including phenoxy) is 3. The van der Waals surface area contributed by atoms with E-state index < -0.39 is 88.6 Å². The van der Waals surface area contributed by atoms with Crippen molar-refractivity contribution in [1.29, 1.82) is 0 Å². The van der Waals surface area contributed by atoms with Crippen molar-refractivity contribution in [2.24, 2.45) is 5.92 Å². The van der Waals surface area contributed by atoms with Crippen molar-refractivity contribution in [1.82, 2.24) is 0 Å². The molecule has 0 saturated heterocycles. The third-order valence-electron chi connectivity index (χ3n) is 14.4. The normalized spacial score (nSPS) is 21.2. The molecule has 0 aromatic rings. The van der Waals surface area contributed by atoms with E-state index >= 15 is 0 Å². The van der Waals surface area contributed by atoms with Gasteiger partial charge in [0.2, 0.25) is 0 Å². The summed E-state index contributed by atoms with van der Waals surface area (Å²) in [6.45, 7) is 37.2. The first-order valence-corrected chi connectivity index (χ1v) is 35.8. The van der Waals surface area contributed by atoms with E-state index in [0.717, 1.165) is 30.4 Å². The molecule has 418 valence electrons. The molecule has 0 radical (unpaired) electrons. The van der Waals surface area contributed by atoms with Crippen molar-refractivity contribution in [3.8, 4) is 0 Å². The second kappa shape index (κ2) is 27.1. The lowest BCUT2D eigenvalue weighted by atomic mass is 9.91. The van der Waals surface area contributed by atoms with Crippen LogP contribution in [0.15, 0.2) is 60.3 Å². The Morgan fingerprint density at radius 3 is 1.93 bits per heavy atom. The molecule has 0 bridgehead atoms. The van der Waals surface area contributed by atoms with Crippen LogP contribution in [0.2, 0.25) is 54.4 Å². The maximum absolute atomic E-state index is 13.8. The first kappa shape index (κ1) is 66.5. The molecular formula is C52H91F6O10PSi3. The highest BCUT2D eigenvalue weighted by molar-refractivity contribution is 7.54. The molecule has 0 fully saturated rings. The lowest BCUT2D eigenvalue weighted by molar-refractivity contribution is -0.167. The van der Waals surface area contributed by atoms with Gasteiger partial charge in [-0.05, 0) is 106 Å². The number of halogens is 6. The topological polar surface area (TPSA) is 108 Å². The summed E-state index contributed by atoms with van der Waals surface area (Å²) in [6.07, 6.45) is 2.98. The van der Waals surface area contributed by atoms with Crippen LogP contribution < -0.4 is 0 Å². The number of esters is 1. The predicted molar refractivity (Wildman–Crippen MR) is 284 cm³/mol. The van der Waals surface area contributed by atoms with Crippen LogP contribution in [0.4, 0.5) is 26.3 Å². The molecule has 20 heteroatoms. The van der Waals surface area contributed by atoms with Gasteiger partial charge in [-0.2, -0.15) is 26.3 Å². The Balaban J connectivity index is 2.50. The van der Waals surface area contributed by atoms with Crippen molar-refractivity contribution < 1.29 is 72.2 Å². The Labute approximate surface area is 432 Å². The van der Waals surface area contributed by atoms with Gasteiger partial charge in [0.15, 0.2) is 38.2 Å². The molecule has 0 aromatic carbocycles. The van der Waals surface area contributed by atoms with Gasteiger partial charge in [-0.15, -0.1) is 0 Å². The number of carbonyl (C=O) groups is 1. The summed E-state index contributed by atoms with van der Waals surface area (Å²) in [4.78, 5) is 13.8. The molecule has 2 aliphatic rings. The SMILES string of the molecule is C=C(CC(/C=C/C[C@H](OC(=O)CP(=O)(OCC(F)(F)F)OCC(F)(F)F)C(/C=C/[C@@H]1CC(C)=CCO1)O[Si](C)(C)C(C)(C)C)O[Si](C)(C)C(C)(C)C)C[C@H](C)C[C@@H]1CC=C[C@@H](CCO[Si](C)(C)C(C)(C)C)O1. The van der Waals surface area contributed by atoms with Crippen LogP contribution in [-0.2, 0) is 45.9 Å². The summed E-state index contributed by atoms with van der Waals surface area (Å²) in [6, 6.07) is 0. The fourth-order valence-corrected chi connectivity index (χ4v) is 12.1. The van der Waals surface area contributed by atoms with Crippen LogP contribution in [0.1, 0.15) is 121 Å². The van der Waals surface area contributed by atoms with E-state index in [4.69, 9.17) is 27.5 Å². The highest BCUT2D eigenvalue weighted by atomic mass is 31.2. The van der Waals surface area contributed by atoms with E-state index in [-0.39, 0.29) is 45.8 Å². The summed E-state index contributed by atoms with van der Waals surface area (Å²) in [5.74, 6) is -1.16. The summed E-state index contributed by atoms with van der Waals surface area (Å²) in [5, 5.41) is -0.389. The quantitative estimate of drug-likeness (QED) is 0.0259. The summed E-state index contributed by atoms with van der Waals surface area (Å²) in [5.41, 5.74) is 2.07. The van der Waals surface area contributed by atoms with E-state index in [0.29, 0.717) is 32.5 Å². The molecular weight excluding hydrogens is 1010 g/mol. The third kappa shape index (κ3) is 24.6. The molecule has 2 aliphatic heterocycles. The minimum atomic E-state index is -5.36. The Kier molecular flexibility index (Phi) is 25.0. The minimum Gasteiger partial charge on any atom is -0.458 e. The zero-order valence-corrected chi connectivity index (χ0v) is 50.5. The molecule has 2 unspecified atom stereocenters. The Morgan fingerprint density at radius 2 is 1.40 bits per heavy atom. The second-order valence-electron chi connectivity index (χ2n) is 24.4. The molecule has 10 nitrogen and oxygen atoms in total. The Morgan fingerprint density at radius 1 is 0.847 bits per heavy atom. The van der Waals surface area contributed by atoms with Gasteiger partial charge >= 0.3 is 25.9 Å². The number of alkyl halides is 6. The maximum Gasteiger partial charge on any atom is 0.412 e. The van der Waals surface area contributed by atoms with Gasteiger partial charge in [0.05, 0.1) is 31.0 Å². The molecule has 0 spiro atoms. The molecule has 2 heterocycles. The molecule has 0 aromatic heterocycles. The van der Waals surface area contributed by atoms with Gasteiger partial charge in [0, 0.05) is 13.0 Å². The summed E-state index contributed by atoms with van der Waals surface area (Å²) < 4.78 is 140. The lowest BCUT2D eigenvalue weighted by Crippen LogP contribution is -2.47. The number of hydrogen-bond acceptors (Lipinski definition) is 10.